The fourth-order valence-corrected chi connectivity index (χ4v) is 13.9. The van der Waals surface area contributed by atoms with Gasteiger partial charge < -0.3 is 0 Å². The summed E-state index contributed by atoms with van der Waals surface area (Å²) in [6.07, 6.45) is 7.02. The van der Waals surface area contributed by atoms with Crippen LogP contribution in [-0.4, -0.2) is 3.21 Å². The van der Waals surface area contributed by atoms with Gasteiger partial charge in [-0.25, -0.2) is 0 Å². The molecule has 1 aromatic heterocycles. The van der Waals surface area contributed by atoms with Gasteiger partial charge in [0.2, 0.25) is 0 Å². The molecule has 0 atom stereocenters. The van der Waals surface area contributed by atoms with Gasteiger partial charge >= 0.3 is 225 Å². The molecular formula is C33H40Cl2SZr. The molecule has 0 saturated heterocycles. The quantitative estimate of drug-likeness (QED) is 0.212. The average Bonchev–Trinajstić information content (AvgIpc) is 3.51. The smallest absolute Gasteiger partial charge is 0.147 e. The summed E-state index contributed by atoms with van der Waals surface area (Å²) in [6, 6.07) is 14.7. The molecule has 37 heavy (non-hydrogen) atoms. The van der Waals surface area contributed by atoms with Crippen LogP contribution in [0, 0.1) is 0 Å². The Kier molecular flexibility index (Phi) is 9.24. The number of rotatable bonds is 3. The molecule has 4 heteroatoms. The second-order valence-electron chi connectivity index (χ2n) is 12.5. The number of hydrogen-bond donors (Lipinski definition) is 0. The van der Waals surface area contributed by atoms with Crippen molar-refractivity contribution >= 4 is 48.2 Å². The first-order valence-electron chi connectivity index (χ1n) is 12.9. The molecule has 0 fully saturated rings. The Balaban J connectivity index is 0.00000190. The van der Waals surface area contributed by atoms with E-state index in [4.69, 9.17) is 0 Å². The van der Waals surface area contributed by atoms with E-state index in [0.29, 0.717) is 0 Å². The van der Waals surface area contributed by atoms with E-state index >= 15 is 0 Å². The van der Waals surface area contributed by atoms with Crippen molar-refractivity contribution in [1.29, 1.82) is 0 Å². The Morgan fingerprint density at radius 2 is 1.51 bits per heavy atom. The molecule has 0 saturated carbocycles. The first kappa shape index (κ1) is 30.5. The molecule has 2 aliphatic carbocycles. The third kappa shape index (κ3) is 5.79. The van der Waals surface area contributed by atoms with Crippen molar-refractivity contribution in [2.24, 2.45) is 0 Å². The fourth-order valence-electron chi connectivity index (χ4n) is 5.56. The first-order valence-corrected chi connectivity index (χ1v) is 17.5. The zero-order chi connectivity index (χ0) is 25.1. The van der Waals surface area contributed by atoms with E-state index in [1.165, 1.54) is 39.0 Å². The van der Waals surface area contributed by atoms with Gasteiger partial charge in [-0.05, 0) is 0 Å². The Hall–Kier alpha value is -1.05. The maximum Gasteiger partial charge on any atom is -0.147 e. The minimum atomic E-state index is -2.27. The van der Waals surface area contributed by atoms with Crippen LogP contribution in [0.4, 0.5) is 0 Å². The van der Waals surface area contributed by atoms with Crippen LogP contribution in [0.15, 0.2) is 62.6 Å². The van der Waals surface area contributed by atoms with Gasteiger partial charge in [0, 0.05) is 0 Å². The van der Waals surface area contributed by atoms with Gasteiger partial charge in [0.25, 0.3) is 0 Å². The summed E-state index contributed by atoms with van der Waals surface area (Å²) >= 11 is -0.459. The molecule has 0 amide bonds. The maximum absolute atomic E-state index is 2.63. The number of halogens is 2. The second kappa shape index (κ2) is 11.2. The topological polar surface area (TPSA) is 0 Å². The van der Waals surface area contributed by atoms with Crippen LogP contribution in [0.5, 0.6) is 0 Å². The molecule has 0 bridgehead atoms. The van der Waals surface area contributed by atoms with E-state index in [1.54, 1.807) is 15.3 Å². The molecule has 0 unspecified atom stereocenters. The summed E-state index contributed by atoms with van der Waals surface area (Å²) < 4.78 is 5.15. The second-order valence-corrected chi connectivity index (χ2v) is 20.4. The van der Waals surface area contributed by atoms with Gasteiger partial charge in [-0.1, -0.05) is 0 Å². The zero-order valence-electron chi connectivity index (χ0n) is 23.4. The summed E-state index contributed by atoms with van der Waals surface area (Å²) in [5, 5.41) is 4.55. The zero-order valence-corrected chi connectivity index (χ0v) is 28.3. The van der Waals surface area contributed by atoms with Gasteiger partial charge in [0.05, 0.1) is 0 Å². The standard InChI is InChI=1S/C21H25.C9H7S.C3H6.2ClH.Zr/c1-20(2,3)16-9-7-14-11-15-8-10-17(21(4,5)6)13-19(15)18(14)12-16;1-2-4-8(3-1)9-5-6-10-7-9;1-3-2;;;/h7,9-10,12-13H,11H2,1-6H3;1,3,5-7H,2H2;1-2H3;2*1H;. The fraction of sp³-hybridized carbons (Fsp3) is 0.364. The van der Waals surface area contributed by atoms with Crippen molar-refractivity contribution in [3.8, 4) is 11.1 Å². The van der Waals surface area contributed by atoms with Gasteiger partial charge in [0.1, 0.15) is 0 Å². The molecule has 0 aliphatic heterocycles. The number of allylic oxidation sites excluding steroid dienone is 4. The van der Waals surface area contributed by atoms with Crippen molar-refractivity contribution in [3.63, 3.8) is 0 Å². The summed E-state index contributed by atoms with van der Waals surface area (Å²) in [5.41, 5.74) is 12.3. The Morgan fingerprint density at radius 3 is 2.11 bits per heavy atom. The van der Waals surface area contributed by atoms with E-state index in [1.807, 2.05) is 11.3 Å². The largest absolute Gasteiger partial charge is 0.147 e. The number of hydrogen-bond acceptors (Lipinski definition) is 1. The van der Waals surface area contributed by atoms with E-state index in [9.17, 15) is 0 Å². The SMILES string of the molecule is C[C](C)=[Zr]([C]1=C(c2ccsc2)C=CC1)[c]1cc(C(C)(C)C)cc2c1Cc1ccc(C(C)(C)C)cc1-2.Cl.Cl. The van der Waals surface area contributed by atoms with Gasteiger partial charge in [-0.15, -0.1) is 24.8 Å². The molecule has 196 valence electrons. The van der Waals surface area contributed by atoms with Crippen molar-refractivity contribution in [2.75, 3.05) is 0 Å². The predicted octanol–water partition coefficient (Wildman–Crippen LogP) is 9.58. The monoisotopic (exact) mass is 628 g/mol. The van der Waals surface area contributed by atoms with Crippen molar-refractivity contribution in [3.05, 3.63) is 90.4 Å². The first-order chi connectivity index (χ1) is 16.4. The third-order valence-corrected chi connectivity index (χ3v) is 15.8. The number of fused-ring (bicyclic) bond motifs is 3. The third-order valence-electron chi connectivity index (χ3n) is 7.58. The van der Waals surface area contributed by atoms with Gasteiger partial charge in [0.15, 0.2) is 0 Å². The van der Waals surface area contributed by atoms with Crippen LogP contribution in [0.25, 0.3) is 16.7 Å². The van der Waals surface area contributed by atoms with Crippen molar-refractivity contribution in [1.82, 2.24) is 0 Å². The van der Waals surface area contributed by atoms with Crippen LogP contribution in [0.2, 0.25) is 0 Å². The Labute approximate surface area is 248 Å². The molecule has 1 heterocycles. The Bertz CT molecular complexity index is 1400. The van der Waals surface area contributed by atoms with Crippen LogP contribution in [0.3, 0.4) is 0 Å². The summed E-state index contributed by atoms with van der Waals surface area (Å²) in [6.45, 7) is 18.9. The normalized spacial score (nSPS) is 14.2. The van der Waals surface area contributed by atoms with Crippen LogP contribution < -0.4 is 3.27 Å². The Morgan fingerprint density at radius 1 is 0.838 bits per heavy atom. The number of benzene rings is 2. The van der Waals surface area contributed by atoms with Gasteiger partial charge in [-0.2, -0.15) is 0 Å². The minimum absolute atomic E-state index is 0. The maximum atomic E-state index is 2.63. The summed E-state index contributed by atoms with van der Waals surface area (Å²) in [7, 11) is 0. The van der Waals surface area contributed by atoms with Crippen LogP contribution in [0.1, 0.15) is 89.6 Å². The number of thiophene rings is 1. The van der Waals surface area contributed by atoms with Crippen molar-refractivity contribution < 1.29 is 21.3 Å². The van der Waals surface area contributed by atoms with Crippen LogP contribution in [-0.2, 0) is 38.5 Å². The molecule has 0 radical (unpaired) electrons. The van der Waals surface area contributed by atoms with Crippen molar-refractivity contribution in [2.45, 2.75) is 79.1 Å². The summed E-state index contributed by atoms with van der Waals surface area (Å²) in [4.78, 5) is 0. The van der Waals surface area contributed by atoms with E-state index in [2.05, 4.69) is 115 Å². The minimum Gasteiger partial charge on any atom is -0.147 e. The van der Waals surface area contributed by atoms with E-state index in [0.717, 1.165) is 12.8 Å². The molecule has 0 nitrogen and oxygen atoms in total. The molecule has 5 rings (SSSR count). The van der Waals surface area contributed by atoms with Crippen LogP contribution >= 0.6 is 36.2 Å². The van der Waals surface area contributed by atoms with Gasteiger partial charge in [-0.3, -0.25) is 0 Å². The molecule has 3 aromatic rings. The average molecular weight is 631 g/mol. The summed E-state index contributed by atoms with van der Waals surface area (Å²) in [5.74, 6) is 0. The molecule has 2 aromatic carbocycles. The molecular weight excluding hydrogens is 591 g/mol. The molecule has 2 aliphatic rings. The molecule has 0 N–H and O–H groups in total. The van der Waals surface area contributed by atoms with E-state index in [-0.39, 0.29) is 35.6 Å². The van der Waals surface area contributed by atoms with E-state index < -0.39 is 21.3 Å². The predicted molar refractivity (Wildman–Crippen MR) is 168 cm³/mol. The molecule has 0 spiro atoms.